The molecule has 2 aromatic carbocycles. The number of thioether (sulfide) groups is 1. The summed E-state index contributed by atoms with van der Waals surface area (Å²) in [6, 6.07) is 16.9. The largest absolute Gasteiger partial charge is 0.497 e. The van der Waals surface area contributed by atoms with Crippen LogP contribution in [0.4, 0.5) is 0 Å². The molecule has 3 rings (SSSR count). The van der Waals surface area contributed by atoms with Gasteiger partial charge in [-0.25, -0.2) is 4.98 Å². The Morgan fingerprint density at radius 3 is 2.24 bits per heavy atom. The zero-order valence-corrected chi connectivity index (χ0v) is 18.5. The molecule has 0 saturated heterocycles. The average Bonchev–Trinajstić information content (AvgIpc) is 3.12. The van der Waals surface area contributed by atoms with Crippen molar-refractivity contribution >= 4 is 11.8 Å². The molecule has 0 spiro atoms. The second-order valence-corrected chi connectivity index (χ2v) is 9.12. The van der Waals surface area contributed by atoms with Gasteiger partial charge < -0.3 is 14.4 Å². The molecular formula is C24H30N2O2S. The fourth-order valence-corrected chi connectivity index (χ4v) is 4.13. The summed E-state index contributed by atoms with van der Waals surface area (Å²) in [6.07, 6.45) is 2.65. The maximum atomic E-state index is 9.70. The van der Waals surface area contributed by atoms with E-state index in [0.29, 0.717) is 0 Å². The molecule has 0 saturated carbocycles. The van der Waals surface area contributed by atoms with Crippen LogP contribution in [-0.4, -0.2) is 21.8 Å². The molecule has 0 unspecified atom stereocenters. The van der Waals surface area contributed by atoms with Crippen molar-refractivity contribution in [1.29, 1.82) is 0 Å². The molecule has 4 nitrogen and oxygen atoms in total. The fraction of sp³-hybridized carbons (Fsp3) is 0.375. The molecule has 1 heterocycles. The van der Waals surface area contributed by atoms with Crippen LogP contribution < -0.4 is 4.74 Å². The number of aromatic nitrogens is 2. The first-order valence-electron chi connectivity index (χ1n) is 9.91. The van der Waals surface area contributed by atoms with Crippen LogP contribution in [0.3, 0.4) is 0 Å². The van der Waals surface area contributed by atoms with Gasteiger partial charge in [0, 0.05) is 12.3 Å². The molecule has 0 amide bonds. The van der Waals surface area contributed by atoms with Crippen LogP contribution in [0.15, 0.2) is 59.9 Å². The molecule has 3 aromatic rings. The number of rotatable bonds is 8. The molecule has 29 heavy (non-hydrogen) atoms. The Morgan fingerprint density at radius 1 is 1.00 bits per heavy atom. The Bertz CT molecular complexity index is 910. The number of hydrogen-bond donors (Lipinski definition) is 1. The third-order valence-electron chi connectivity index (χ3n) is 5.03. The van der Waals surface area contributed by atoms with Gasteiger partial charge in [0.05, 0.1) is 25.6 Å². The summed E-state index contributed by atoms with van der Waals surface area (Å²) < 4.78 is 7.35. The van der Waals surface area contributed by atoms with Crippen LogP contribution in [0, 0.1) is 0 Å². The van der Waals surface area contributed by atoms with Gasteiger partial charge in [0.2, 0.25) is 0 Å². The van der Waals surface area contributed by atoms with Crippen LogP contribution >= 0.6 is 11.8 Å². The van der Waals surface area contributed by atoms with E-state index in [1.807, 2.05) is 12.1 Å². The predicted octanol–water partition coefficient (Wildman–Crippen LogP) is 5.22. The second-order valence-electron chi connectivity index (χ2n) is 8.18. The number of ether oxygens (including phenoxy) is 1. The average molecular weight is 411 g/mol. The minimum atomic E-state index is -0.00352. The summed E-state index contributed by atoms with van der Waals surface area (Å²) in [5, 5.41) is 10.6. The van der Waals surface area contributed by atoms with Crippen molar-refractivity contribution in [3.63, 3.8) is 0 Å². The molecule has 5 heteroatoms. The molecule has 0 aliphatic heterocycles. The molecular weight excluding hydrogens is 380 g/mol. The molecule has 0 fully saturated rings. The van der Waals surface area contributed by atoms with Gasteiger partial charge in [-0.05, 0) is 40.7 Å². The molecule has 1 aromatic heterocycles. The van der Waals surface area contributed by atoms with Gasteiger partial charge in [-0.3, -0.25) is 0 Å². The summed E-state index contributed by atoms with van der Waals surface area (Å²) in [4.78, 5) is 4.54. The molecule has 0 aliphatic carbocycles. The normalized spacial score (nSPS) is 11.6. The van der Waals surface area contributed by atoms with Crippen molar-refractivity contribution in [3.8, 4) is 5.75 Å². The number of aliphatic hydroxyl groups is 1. The molecule has 0 radical (unpaired) electrons. The first kappa shape index (κ1) is 21.5. The lowest BCUT2D eigenvalue weighted by atomic mass is 9.87. The monoisotopic (exact) mass is 410 g/mol. The van der Waals surface area contributed by atoms with E-state index in [1.54, 1.807) is 25.1 Å². The van der Waals surface area contributed by atoms with Crippen molar-refractivity contribution in [2.75, 3.05) is 7.11 Å². The van der Waals surface area contributed by atoms with E-state index in [0.717, 1.165) is 35.3 Å². The Labute approximate surface area is 177 Å². The fourth-order valence-electron chi connectivity index (χ4n) is 3.15. The Balaban J connectivity index is 1.66. The number of methoxy groups -OCH3 is 1. The smallest absolute Gasteiger partial charge is 0.168 e. The van der Waals surface area contributed by atoms with E-state index in [4.69, 9.17) is 4.74 Å². The highest BCUT2D eigenvalue weighted by atomic mass is 32.2. The first-order chi connectivity index (χ1) is 13.9. The van der Waals surface area contributed by atoms with Gasteiger partial charge >= 0.3 is 0 Å². The predicted molar refractivity (Wildman–Crippen MR) is 120 cm³/mol. The third-order valence-corrected chi connectivity index (χ3v) is 6.10. The van der Waals surface area contributed by atoms with Gasteiger partial charge in [-0.15, -0.1) is 0 Å². The number of aryl methyl sites for hydroxylation is 1. The molecule has 0 bridgehead atoms. The Hall–Kier alpha value is -2.24. The Morgan fingerprint density at radius 2 is 1.66 bits per heavy atom. The highest BCUT2D eigenvalue weighted by Gasteiger charge is 2.14. The van der Waals surface area contributed by atoms with Crippen LogP contribution in [-0.2, 0) is 30.7 Å². The topological polar surface area (TPSA) is 47.3 Å². The van der Waals surface area contributed by atoms with E-state index in [2.05, 4.69) is 66.7 Å². The van der Waals surface area contributed by atoms with E-state index in [1.165, 1.54) is 16.7 Å². The summed E-state index contributed by atoms with van der Waals surface area (Å²) in [6.45, 7) is 7.47. The summed E-state index contributed by atoms with van der Waals surface area (Å²) in [7, 11) is 1.67. The van der Waals surface area contributed by atoms with Crippen molar-refractivity contribution in [2.24, 2.45) is 0 Å². The minimum absolute atomic E-state index is 0.00352. The summed E-state index contributed by atoms with van der Waals surface area (Å²) in [5.74, 6) is 1.72. The zero-order valence-electron chi connectivity index (χ0n) is 17.7. The van der Waals surface area contributed by atoms with Crippen LogP contribution in [0.1, 0.15) is 43.2 Å². The van der Waals surface area contributed by atoms with Gasteiger partial charge in [0.25, 0.3) is 0 Å². The third kappa shape index (κ3) is 5.64. The summed E-state index contributed by atoms with van der Waals surface area (Å²) >= 11 is 1.71. The lowest BCUT2D eigenvalue weighted by Gasteiger charge is -2.19. The first-order valence-corrected chi connectivity index (χ1v) is 10.9. The maximum Gasteiger partial charge on any atom is 0.168 e. The standard InChI is InChI=1S/C24H30N2O2S/c1-24(2,3)20-9-5-19(6-10-20)17-29-23-25-15-21(16-27)26(23)14-13-18-7-11-22(28-4)12-8-18/h5-12,15,27H,13-14,16-17H2,1-4H3. The minimum Gasteiger partial charge on any atom is -0.497 e. The number of benzene rings is 2. The van der Waals surface area contributed by atoms with Gasteiger partial charge in [0.15, 0.2) is 5.16 Å². The van der Waals surface area contributed by atoms with Crippen molar-refractivity contribution in [2.45, 2.75) is 56.7 Å². The van der Waals surface area contributed by atoms with E-state index in [9.17, 15) is 5.11 Å². The second kappa shape index (κ2) is 9.51. The molecule has 0 aliphatic rings. The van der Waals surface area contributed by atoms with E-state index in [-0.39, 0.29) is 12.0 Å². The van der Waals surface area contributed by atoms with Crippen LogP contribution in [0.5, 0.6) is 5.75 Å². The lowest BCUT2D eigenvalue weighted by molar-refractivity contribution is 0.269. The van der Waals surface area contributed by atoms with E-state index < -0.39 is 0 Å². The number of imidazole rings is 1. The number of hydrogen-bond acceptors (Lipinski definition) is 4. The molecule has 1 N–H and O–H groups in total. The maximum absolute atomic E-state index is 9.70. The summed E-state index contributed by atoms with van der Waals surface area (Å²) in [5.41, 5.74) is 4.87. The number of nitrogens with zero attached hydrogens (tertiary/aromatic N) is 2. The highest BCUT2D eigenvalue weighted by Crippen LogP contribution is 2.26. The quantitative estimate of drug-likeness (QED) is 0.518. The highest BCUT2D eigenvalue weighted by molar-refractivity contribution is 7.98. The zero-order chi connectivity index (χ0) is 20.9. The van der Waals surface area contributed by atoms with Gasteiger partial charge in [-0.1, -0.05) is 68.9 Å². The van der Waals surface area contributed by atoms with Crippen LogP contribution in [0.2, 0.25) is 0 Å². The van der Waals surface area contributed by atoms with Gasteiger partial charge in [0.1, 0.15) is 5.75 Å². The van der Waals surface area contributed by atoms with E-state index >= 15 is 0 Å². The molecule has 154 valence electrons. The van der Waals surface area contributed by atoms with Crippen molar-refractivity contribution < 1.29 is 9.84 Å². The molecule has 0 atom stereocenters. The lowest BCUT2D eigenvalue weighted by Crippen LogP contribution is -2.10. The van der Waals surface area contributed by atoms with Gasteiger partial charge in [-0.2, -0.15) is 0 Å². The van der Waals surface area contributed by atoms with Crippen molar-refractivity contribution in [1.82, 2.24) is 9.55 Å². The number of aliphatic hydroxyl groups excluding tert-OH is 1. The SMILES string of the molecule is COc1ccc(CCn2c(CO)cnc2SCc2ccc(C(C)(C)C)cc2)cc1. The van der Waals surface area contributed by atoms with Crippen molar-refractivity contribution in [3.05, 3.63) is 77.1 Å². The Kier molecular flexibility index (Phi) is 7.04. The van der Waals surface area contributed by atoms with Crippen LogP contribution in [0.25, 0.3) is 0 Å².